The number of fused-ring (bicyclic) bond motifs is 1. The van der Waals surface area contributed by atoms with Gasteiger partial charge in [-0.2, -0.15) is 9.97 Å². The van der Waals surface area contributed by atoms with Crippen molar-refractivity contribution in [2.75, 3.05) is 26.2 Å². The maximum absolute atomic E-state index is 13.0. The zero-order valence-electron chi connectivity index (χ0n) is 16.5. The Balaban J connectivity index is 1.53. The summed E-state index contributed by atoms with van der Waals surface area (Å²) in [6.07, 6.45) is 1.13. The zero-order valence-corrected chi connectivity index (χ0v) is 16.5. The van der Waals surface area contributed by atoms with E-state index in [-0.39, 0.29) is 30.7 Å². The normalized spacial score (nSPS) is 14.0. The van der Waals surface area contributed by atoms with Crippen LogP contribution in [0.1, 0.15) is 10.5 Å². The molecule has 12 nitrogen and oxygen atoms in total. The predicted octanol–water partition coefficient (Wildman–Crippen LogP) is 2.10. The lowest BCUT2D eigenvalue weighted by Gasteiger charge is -2.33. The highest BCUT2D eigenvalue weighted by Gasteiger charge is 2.26. The number of carbonyl (C=O) groups is 2. The molecule has 1 aromatic carbocycles. The van der Waals surface area contributed by atoms with Crippen LogP contribution in [0.25, 0.3) is 10.9 Å². The maximum atomic E-state index is 13.0. The number of carboxylic acid groups (broad SMARTS) is 1. The number of nitro groups is 1. The Kier molecular flexibility index (Phi) is 5.11. The number of rotatable bonds is 4. The van der Waals surface area contributed by atoms with Crippen LogP contribution in [0.4, 0.5) is 10.5 Å². The smallest absolute Gasteiger partial charge is 0.407 e. The van der Waals surface area contributed by atoms with E-state index in [1.54, 1.807) is 40.8 Å². The fourth-order valence-corrected chi connectivity index (χ4v) is 3.40. The fraction of sp³-hybridized carbons (Fsp3) is 0.263. The van der Waals surface area contributed by atoms with E-state index in [1.165, 1.54) is 4.90 Å². The van der Waals surface area contributed by atoms with Crippen LogP contribution in [0.15, 0.2) is 36.7 Å². The molecule has 160 valence electrons. The third-order valence-electron chi connectivity index (χ3n) is 5.11. The summed E-state index contributed by atoms with van der Waals surface area (Å²) in [5, 5.41) is 20.6. The van der Waals surface area contributed by atoms with E-state index in [0.717, 1.165) is 23.3 Å². The molecule has 3 aromatic rings. The number of hydrogen-bond donors (Lipinski definition) is 1. The number of piperazine rings is 1. The Bertz CT molecular complexity index is 1170. The SMILES string of the molecule is Cn1c(C(=O)N2CCN(C(=O)O)CC2)cc2ccc(Oc3ncc([N+](=O)[O-])cn3)cc21. The molecule has 0 unspecified atom stereocenters. The molecule has 2 aromatic heterocycles. The third-order valence-corrected chi connectivity index (χ3v) is 5.11. The van der Waals surface area contributed by atoms with Gasteiger partial charge in [-0.3, -0.25) is 14.9 Å². The molecule has 4 rings (SSSR count). The monoisotopic (exact) mass is 426 g/mol. The standard InChI is InChI=1S/C19H18N6O6/c1-22-15-9-14(31-18-20-10-13(11-21-18)25(29)30)3-2-12(15)8-16(22)17(26)23-4-6-24(7-5-23)19(27)28/h2-3,8-11H,4-7H2,1H3,(H,27,28). The van der Waals surface area contributed by atoms with Gasteiger partial charge in [0.1, 0.15) is 23.8 Å². The Hall–Kier alpha value is -4.22. The van der Waals surface area contributed by atoms with Crippen molar-refractivity contribution in [1.29, 1.82) is 0 Å². The molecule has 0 aliphatic carbocycles. The first-order chi connectivity index (χ1) is 14.8. The minimum absolute atomic E-state index is 0.0354. The van der Waals surface area contributed by atoms with Crippen molar-refractivity contribution >= 4 is 28.6 Å². The number of ether oxygens (including phenoxy) is 1. The van der Waals surface area contributed by atoms with Gasteiger partial charge in [0.15, 0.2) is 0 Å². The number of carbonyl (C=O) groups excluding carboxylic acids is 1. The molecule has 12 heteroatoms. The Morgan fingerprint density at radius 2 is 1.74 bits per heavy atom. The second kappa shape index (κ2) is 7.89. The van der Waals surface area contributed by atoms with Crippen LogP contribution in [0.3, 0.4) is 0 Å². The van der Waals surface area contributed by atoms with Crippen molar-refractivity contribution in [2.24, 2.45) is 7.05 Å². The maximum Gasteiger partial charge on any atom is 0.407 e. The molecule has 31 heavy (non-hydrogen) atoms. The first-order valence-corrected chi connectivity index (χ1v) is 9.34. The fourth-order valence-electron chi connectivity index (χ4n) is 3.40. The average molecular weight is 426 g/mol. The summed E-state index contributed by atoms with van der Waals surface area (Å²) in [5.74, 6) is 0.238. The average Bonchev–Trinajstić information content (AvgIpc) is 3.09. The van der Waals surface area contributed by atoms with E-state index >= 15 is 0 Å². The van der Waals surface area contributed by atoms with Crippen molar-refractivity contribution in [1.82, 2.24) is 24.3 Å². The van der Waals surface area contributed by atoms with E-state index in [0.29, 0.717) is 24.5 Å². The highest BCUT2D eigenvalue weighted by atomic mass is 16.6. The van der Waals surface area contributed by atoms with E-state index in [2.05, 4.69) is 9.97 Å². The Morgan fingerprint density at radius 1 is 1.10 bits per heavy atom. The van der Waals surface area contributed by atoms with Gasteiger partial charge in [0.25, 0.3) is 5.91 Å². The van der Waals surface area contributed by atoms with Crippen LogP contribution < -0.4 is 4.74 Å². The van der Waals surface area contributed by atoms with Gasteiger partial charge in [-0.15, -0.1) is 0 Å². The van der Waals surface area contributed by atoms with Gasteiger partial charge in [-0.25, -0.2) is 4.79 Å². The summed E-state index contributed by atoms with van der Waals surface area (Å²) in [6, 6.07) is 6.93. The molecular formula is C19H18N6O6. The van der Waals surface area contributed by atoms with Gasteiger partial charge in [0.2, 0.25) is 0 Å². The highest BCUT2D eigenvalue weighted by molar-refractivity contribution is 5.99. The summed E-state index contributed by atoms with van der Waals surface area (Å²) in [7, 11) is 1.76. The second-order valence-corrected chi connectivity index (χ2v) is 6.95. The third kappa shape index (κ3) is 3.95. The molecule has 1 saturated heterocycles. The lowest BCUT2D eigenvalue weighted by Crippen LogP contribution is -2.50. The predicted molar refractivity (Wildman–Crippen MR) is 107 cm³/mol. The van der Waals surface area contributed by atoms with E-state index in [1.807, 2.05) is 0 Å². The topological polar surface area (TPSA) is 144 Å². The number of aromatic nitrogens is 3. The van der Waals surface area contributed by atoms with Crippen LogP contribution in [-0.4, -0.2) is 72.5 Å². The lowest BCUT2D eigenvalue weighted by molar-refractivity contribution is -0.385. The molecule has 0 spiro atoms. The summed E-state index contributed by atoms with van der Waals surface area (Å²) in [4.78, 5) is 44.7. The van der Waals surface area contributed by atoms with Crippen molar-refractivity contribution in [2.45, 2.75) is 0 Å². The van der Waals surface area contributed by atoms with Gasteiger partial charge in [0, 0.05) is 44.7 Å². The first kappa shape index (κ1) is 20.1. The van der Waals surface area contributed by atoms with Gasteiger partial charge in [-0.05, 0) is 18.2 Å². The minimum Gasteiger partial charge on any atom is -0.465 e. The second-order valence-electron chi connectivity index (χ2n) is 6.95. The molecule has 0 bridgehead atoms. The van der Waals surface area contributed by atoms with Gasteiger partial charge in [0.05, 0.1) is 10.4 Å². The van der Waals surface area contributed by atoms with Crippen molar-refractivity contribution < 1.29 is 24.4 Å². The number of hydrogen-bond acceptors (Lipinski definition) is 7. The van der Waals surface area contributed by atoms with Gasteiger partial charge >= 0.3 is 17.8 Å². The number of benzene rings is 1. The number of amides is 2. The molecule has 1 N–H and O–H groups in total. The van der Waals surface area contributed by atoms with Crippen LogP contribution in [0.2, 0.25) is 0 Å². The molecule has 1 aliphatic heterocycles. The van der Waals surface area contributed by atoms with Crippen LogP contribution in [-0.2, 0) is 7.05 Å². The number of nitrogens with zero attached hydrogens (tertiary/aromatic N) is 6. The van der Waals surface area contributed by atoms with Crippen molar-refractivity contribution in [3.63, 3.8) is 0 Å². The minimum atomic E-state index is -0.985. The molecule has 1 aliphatic rings. The van der Waals surface area contributed by atoms with Crippen molar-refractivity contribution in [3.05, 3.63) is 52.5 Å². The molecule has 3 heterocycles. The lowest BCUT2D eigenvalue weighted by atomic mass is 10.2. The first-order valence-electron chi connectivity index (χ1n) is 9.34. The van der Waals surface area contributed by atoms with E-state index in [4.69, 9.17) is 9.84 Å². The van der Waals surface area contributed by atoms with Crippen molar-refractivity contribution in [3.8, 4) is 11.8 Å². The largest absolute Gasteiger partial charge is 0.465 e. The Morgan fingerprint density at radius 3 is 2.35 bits per heavy atom. The molecule has 0 atom stereocenters. The van der Waals surface area contributed by atoms with E-state index in [9.17, 15) is 19.7 Å². The molecular weight excluding hydrogens is 408 g/mol. The molecule has 1 fully saturated rings. The molecule has 0 saturated carbocycles. The molecule has 2 amide bonds. The van der Waals surface area contributed by atoms with Crippen LogP contribution >= 0.6 is 0 Å². The summed E-state index contributed by atoms with van der Waals surface area (Å²) >= 11 is 0. The van der Waals surface area contributed by atoms with Crippen LogP contribution in [0.5, 0.6) is 11.8 Å². The summed E-state index contributed by atoms with van der Waals surface area (Å²) < 4.78 is 7.32. The number of aryl methyl sites for hydroxylation is 1. The Labute approximate surface area is 175 Å². The van der Waals surface area contributed by atoms with E-state index < -0.39 is 11.0 Å². The zero-order chi connectivity index (χ0) is 22.1. The summed E-state index contributed by atoms with van der Waals surface area (Å²) in [5.41, 5.74) is 0.979. The highest BCUT2D eigenvalue weighted by Crippen LogP contribution is 2.27. The van der Waals surface area contributed by atoms with Crippen LogP contribution in [0, 0.1) is 10.1 Å². The quantitative estimate of drug-likeness (QED) is 0.493. The summed E-state index contributed by atoms with van der Waals surface area (Å²) in [6.45, 7) is 1.22. The van der Waals surface area contributed by atoms with Gasteiger partial charge in [-0.1, -0.05) is 0 Å². The van der Waals surface area contributed by atoms with Gasteiger partial charge < -0.3 is 24.2 Å². The molecule has 0 radical (unpaired) electrons.